The van der Waals surface area contributed by atoms with Crippen LogP contribution in [0.2, 0.25) is 0 Å². The molecule has 1 aromatic heterocycles. The van der Waals surface area contributed by atoms with Crippen molar-refractivity contribution in [2.75, 3.05) is 0 Å². The Bertz CT molecular complexity index is 564. The van der Waals surface area contributed by atoms with E-state index in [-0.39, 0.29) is 11.9 Å². The molecule has 1 aromatic carbocycles. The van der Waals surface area contributed by atoms with Crippen LogP contribution in [0.3, 0.4) is 0 Å². The van der Waals surface area contributed by atoms with E-state index < -0.39 is 6.04 Å². The SMILES string of the molecule is CCCC(N)C(=O)NC(C)c1ccc(-n2cncn2)cc1. The Kier molecular flexibility index (Phi) is 5.05. The van der Waals surface area contributed by atoms with E-state index >= 15 is 0 Å². The predicted octanol–water partition coefficient (Wildman–Crippen LogP) is 1.57. The van der Waals surface area contributed by atoms with Crippen molar-refractivity contribution >= 4 is 5.91 Å². The van der Waals surface area contributed by atoms with Crippen LogP contribution in [0, 0.1) is 0 Å². The van der Waals surface area contributed by atoms with Crippen LogP contribution in [0.5, 0.6) is 0 Å². The van der Waals surface area contributed by atoms with Crippen LogP contribution in [0.15, 0.2) is 36.9 Å². The molecule has 0 saturated carbocycles. The first-order valence-corrected chi connectivity index (χ1v) is 7.12. The van der Waals surface area contributed by atoms with Gasteiger partial charge < -0.3 is 11.1 Å². The van der Waals surface area contributed by atoms with Crippen molar-refractivity contribution in [2.45, 2.75) is 38.8 Å². The number of nitrogens with zero attached hydrogens (tertiary/aromatic N) is 3. The zero-order chi connectivity index (χ0) is 15.2. The summed E-state index contributed by atoms with van der Waals surface area (Å²) in [4.78, 5) is 15.8. The molecule has 0 aliphatic heterocycles. The molecule has 6 nitrogen and oxygen atoms in total. The zero-order valence-corrected chi connectivity index (χ0v) is 12.4. The van der Waals surface area contributed by atoms with Crippen LogP contribution < -0.4 is 11.1 Å². The van der Waals surface area contributed by atoms with Gasteiger partial charge in [-0.2, -0.15) is 5.10 Å². The number of carbonyl (C=O) groups is 1. The highest BCUT2D eigenvalue weighted by Crippen LogP contribution is 2.15. The number of carbonyl (C=O) groups excluding carboxylic acids is 1. The third kappa shape index (κ3) is 3.88. The van der Waals surface area contributed by atoms with Crippen LogP contribution in [-0.2, 0) is 4.79 Å². The molecule has 3 N–H and O–H groups in total. The smallest absolute Gasteiger partial charge is 0.237 e. The van der Waals surface area contributed by atoms with Crippen LogP contribution in [0.25, 0.3) is 5.69 Å². The van der Waals surface area contributed by atoms with Gasteiger partial charge in [-0.25, -0.2) is 9.67 Å². The van der Waals surface area contributed by atoms with Gasteiger partial charge in [0, 0.05) is 0 Å². The molecule has 0 saturated heterocycles. The number of benzene rings is 1. The summed E-state index contributed by atoms with van der Waals surface area (Å²) >= 11 is 0. The normalized spacial score (nSPS) is 13.7. The van der Waals surface area contributed by atoms with Crippen molar-refractivity contribution in [3.8, 4) is 5.69 Å². The van der Waals surface area contributed by atoms with Crippen molar-refractivity contribution in [3.63, 3.8) is 0 Å². The first kappa shape index (κ1) is 15.2. The summed E-state index contributed by atoms with van der Waals surface area (Å²) in [5.74, 6) is -0.107. The average Bonchev–Trinajstić information content (AvgIpc) is 3.01. The van der Waals surface area contributed by atoms with Gasteiger partial charge in [-0.05, 0) is 31.0 Å². The molecular weight excluding hydrogens is 266 g/mol. The van der Waals surface area contributed by atoms with Crippen LogP contribution in [0.4, 0.5) is 0 Å². The molecule has 0 aliphatic rings. The number of hydrogen-bond donors (Lipinski definition) is 2. The number of amides is 1. The second-order valence-electron chi connectivity index (χ2n) is 5.06. The zero-order valence-electron chi connectivity index (χ0n) is 12.4. The second kappa shape index (κ2) is 6.99. The summed E-state index contributed by atoms with van der Waals surface area (Å²) in [5.41, 5.74) is 7.76. The minimum atomic E-state index is -0.438. The van der Waals surface area contributed by atoms with Crippen molar-refractivity contribution in [1.29, 1.82) is 0 Å². The third-order valence-electron chi connectivity index (χ3n) is 3.37. The molecule has 1 amide bonds. The molecule has 112 valence electrons. The van der Waals surface area contributed by atoms with Gasteiger partial charge in [-0.3, -0.25) is 4.79 Å². The third-order valence-corrected chi connectivity index (χ3v) is 3.37. The number of hydrogen-bond acceptors (Lipinski definition) is 4. The Balaban J connectivity index is 2.00. The summed E-state index contributed by atoms with van der Waals surface area (Å²) < 4.78 is 1.68. The van der Waals surface area contributed by atoms with Gasteiger partial charge in [-0.1, -0.05) is 25.5 Å². The molecule has 0 aliphatic carbocycles. The largest absolute Gasteiger partial charge is 0.348 e. The molecule has 2 aromatic rings. The van der Waals surface area contributed by atoms with Gasteiger partial charge >= 0.3 is 0 Å². The quantitative estimate of drug-likeness (QED) is 0.844. The fourth-order valence-corrected chi connectivity index (χ4v) is 2.10. The van der Waals surface area contributed by atoms with Gasteiger partial charge in [0.1, 0.15) is 12.7 Å². The molecule has 0 fully saturated rings. The second-order valence-corrected chi connectivity index (χ2v) is 5.06. The molecule has 1 heterocycles. The fourth-order valence-electron chi connectivity index (χ4n) is 2.10. The number of rotatable bonds is 6. The first-order chi connectivity index (χ1) is 10.1. The lowest BCUT2D eigenvalue weighted by molar-refractivity contribution is -0.123. The summed E-state index contributed by atoms with van der Waals surface area (Å²) in [6.07, 6.45) is 4.73. The van der Waals surface area contributed by atoms with E-state index in [1.54, 1.807) is 11.0 Å². The highest BCUT2D eigenvalue weighted by Gasteiger charge is 2.15. The molecule has 0 bridgehead atoms. The van der Waals surface area contributed by atoms with Gasteiger partial charge in [-0.15, -0.1) is 0 Å². The number of aromatic nitrogens is 3. The maximum Gasteiger partial charge on any atom is 0.237 e. The van der Waals surface area contributed by atoms with Crippen LogP contribution >= 0.6 is 0 Å². The maximum atomic E-state index is 11.9. The molecule has 21 heavy (non-hydrogen) atoms. The average molecular weight is 287 g/mol. The predicted molar refractivity (Wildman–Crippen MR) is 80.8 cm³/mol. The molecule has 6 heteroatoms. The van der Waals surface area contributed by atoms with Gasteiger partial charge in [0.25, 0.3) is 0 Å². The molecule has 2 atom stereocenters. The van der Waals surface area contributed by atoms with Crippen LogP contribution in [0.1, 0.15) is 38.3 Å². The Morgan fingerprint density at radius 2 is 2.10 bits per heavy atom. The summed E-state index contributed by atoms with van der Waals surface area (Å²) in [6, 6.07) is 7.30. The van der Waals surface area contributed by atoms with Gasteiger partial charge in [0.15, 0.2) is 0 Å². The topological polar surface area (TPSA) is 85.8 Å². The fraction of sp³-hybridized carbons (Fsp3) is 0.400. The first-order valence-electron chi connectivity index (χ1n) is 7.12. The Morgan fingerprint density at radius 1 is 1.38 bits per heavy atom. The van der Waals surface area contributed by atoms with Crippen molar-refractivity contribution in [2.24, 2.45) is 5.73 Å². The van der Waals surface area contributed by atoms with E-state index in [1.165, 1.54) is 6.33 Å². The van der Waals surface area contributed by atoms with E-state index in [1.807, 2.05) is 38.1 Å². The minimum absolute atomic E-state index is 0.0785. The summed E-state index contributed by atoms with van der Waals surface area (Å²) in [7, 11) is 0. The lowest BCUT2D eigenvalue weighted by Crippen LogP contribution is -2.41. The Labute approximate surface area is 124 Å². The standard InChI is InChI=1S/C15H21N5O/c1-3-4-14(16)15(21)19-11(2)12-5-7-13(8-6-12)20-10-17-9-18-20/h5-11,14H,3-4,16H2,1-2H3,(H,19,21). The van der Waals surface area contributed by atoms with E-state index in [4.69, 9.17) is 5.73 Å². The lowest BCUT2D eigenvalue weighted by atomic mass is 10.1. The monoisotopic (exact) mass is 287 g/mol. The molecular formula is C15H21N5O. The van der Waals surface area contributed by atoms with E-state index in [0.29, 0.717) is 6.42 Å². The summed E-state index contributed by atoms with van der Waals surface area (Å²) in [6.45, 7) is 3.96. The number of nitrogens with two attached hydrogens (primary N) is 1. The molecule has 0 spiro atoms. The molecule has 2 unspecified atom stereocenters. The van der Waals surface area contributed by atoms with Crippen molar-refractivity contribution in [3.05, 3.63) is 42.5 Å². The van der Waals surface area contributed by atoms with E-state index in [9.17, 15) is 4.79 Å². The minimum Gasteiger partial charge on any atom is -0.348 e. The van der Waals surface area contributed by atoms with Crippen molar-refractivity contribution in [1.82, 2.24) is 20.1 Å². The van der Waals surface area contributed by atoms with E-state index in [0.717, 1.165) is 17.7 Å². The van der Waals surface area contributed by atoms with Crippen molar-refractivity contribution < 1.29 is 4.79 Å². The lowest BCUT2D eigenvalue weighted by Gasteiger charge is -2.18. The van der Waals surface area contributed by atoms with Crippen LogP contribution in [-0.4, -0.2) is 26.7 Å². The van der Waals surface area contributed by atoms with Gasteiger partial charge in [0.2, 0.25) is 5.91 Å². The Hall–Kier alpha value is -2.21. The van der Waals surface area contributed by atoms with Gasteiger partial charge in [0.05, 0.1) is 17.8 Å². The summed E-state index contributed by atoms with van der Waals surface area (Å²) in [5, 5.41) is 7.01. The molecule has 2 rings (SSSR count). The highest BCUT2D eigenvalue weighted by atomic mass is 16.2. The van der Waals surface area contributed by atoms with E-state index in [2.05, 4.69) is 15.4 Å². The Morgan fingerprint density at radius 3 is 2.67 bits per heavy atom. The molecule has 0 radical (unpaired) electrons. The maximum absolute atomic E-state index is 11.9. The number of nitrogens with one attached hydrogen (secondary N) is 1. The highest BCUT2D eigenvalue weighted by molar-refractivity contribution is 5.81.